The predicted molar refractivity (Wildman–Crippen MR) is 81.1 cm³/mol. The lowest BCUT2D eigenvalue weighted by Crippen LogP contribution is -2.43. The van der Waals surface area contributed by atoms with Crippen molar-refractivity contribution in [1.29, 1.82) is 0 Å². The second kappa shape index (κ2) is 7.35. The zero-order valence-corrected chi connectivity index (χ0v) is 13.1. The molecule has 0 atom stereocenters. The van der Waals surface area contributed by atoms with Crippen molar-refractivity contribution in [1.82, 2.24) is 9.88 Å². The Morgan fingerprint density at radius 2 is 2.09 bits per heavy atom. The van der Waals surface area contributed by atoms with Crippen LogP contribution < -0.4 is 11.1 Å². The van der Waals surface area contributed by atoms with Crippen LogP contribution in [0, 0.1) is 0 Å². The number of halogens is 4. The molecule has 3 N–H and O–H groups in total. The summed E-state index contributed by atoms with van der Waals surface area (Å²) in [5, 5.41) is 2.66. The molecule has 1 aromatic heterocycles. The predicted octanol–water partition coefficient (Wildman–Crippen LogP) is 2.51. The number of aromatic nitrogens is 1. The van der Waals surface area contributed by atoms with E-state index in [1.165, 1.54) is 0 Å². The Morgan fingerprint density at radius 1 is 1.43 bits per heavy atom. The molecular weight excluding hydrogens is 333 g/mol. The molecule has 0 aliphatic carbocycles. The highest BCUT2D eigenvalue weighted by Crippen LogP contribution is 2.32. The van der Waals surface area contributed by atoms with E-state index in [4.69, 9.17) is 17.3 Å². The van der Waals surface area contributed by atoms with Crippen LogP contribution in [0.4, 0.5) is 19.0 Å². The van der Waals surface area contributed by atoms with Crippen LogP contribution in [-0.4, -0.2) is 41.5 Å². The SMILES string of the molecule is NC1CCN(C(=O)CCNc2ncc(C(F)(F)F)cc2Cl)CC1. The molecule has 9 heteroatoms. The van der Waals surface area contributed by atoms with Gasteiger partial charge in [-0.3, -0.25) is 4.79 Å². The van der Waals surface area contributed by atoms with Gasteiger partial charge in [-0.25, -0.2) is 4.98 Å². The second-order valence-corrected chi connectivity index (χ2v) is 5.85. The zero-order valence-electron chi connectivity index (χ0n) is 12.4. The average Bonchev–Trinajstić information content (AvgIpc) is 2.48. The molecule has 0 saturated carbocycles. The quantitative estimate of drug-likeness (QED) is 0.875. The molecule has 0 radical (unpaired) electrons. The molecule has 1 aliphatic rings. The van der Waals surface area contributed by atoms with Crippen LogP contribution >= 0.6 is 11.6 Å². The maximum atomic E-state index is 12.5. The number of nitrogens with two attached hydrogens (primary N) is 1. The molecular formula is C14H18ClF3N4O. The number of pyridine rings is 1. The van der Waals surface area contributed by atoms with Crippen molar-refractivity contribution in [3.05, 3.63) is 22.8 Å². The van der Waals surface area contributed by atoms with E-state index in [-0.39, 0.29) is 35.8 Å². The van der Waals surface area contributed by atoms with E-state index in [0.717, 1.165) is 18.9 Å². The van der Waals surface area contributed by atoms with Crippen molar-refractivity contribution >= 4 is 23.3 Å². The van der Waals surface area contributed by atoms with Gasteiger partial charge in [0.1, 0.15) is 5.82 Å². The van der Waals surface area contributed by atoms with Crippen LogP contribution in [0.15, 0.2) is 12.3 Å². The third-order valence-electron chi connectivity index (χ3n) is 3.69. The monoisotopic (exact) mass is 350 g/mol. The molecule has 1 aromatic rings. The van der Waals surface area contributed by atoms with Gasteiger partial charge in [0.15, 0.2) is 0 Å². The number of carbonyl (C=O) groups is 1. The van der Waals surface area contributed by atoms with Crippen molar-refractivity contribution in [2.75, 3.05) is 25.0 Å². The molecule has 5 nitrogen and oxygen atoms in total. The van der Waals surface area contributed by atoms with E-state index in [1.807, 2.05) is 0 Å². The summed E-state index contributed by atoms with van der Waals surface area (Å²) in [7, 11) is 0. The maximum absolute atomic E-state index is 12.5. The van der Waals surface area contributed by atoms with Crippen LogP contribution in [0.2, 0.25) is 5.02 Å². The third-order valence-corrected chi connectivity index (χ3v) is 3.98. The summed E-state index contributed by atoms with van der Waals surface area (Å²) in [5.74, 6) is 0.112. The van der Waals surface area contributed by atoms with Crippen molar-refractivity contribution in [2.24, 2.45) is 5.73 Å². The fourth-order valence-electron chi connectivity index (χ4n) is 2.32. The number of amides is 1. The first-order valence-corrected chi connectivity index (χ1v) is 7.65. The van der Waals surface area contributed by atoms with Gasteiger partial charge in [0.2, 0.25) is 5.91 Å². The molecule has 1 saturated heterocycles. The molecule has 23 heavy (non-hydrogen) atoms. The van der Waals surface area contributed by atoms with Gasteiger partial charge < -0.3 is 16.0 Å². The fraction of sp³-hybridized carbons (Fsp3) is 0.571. The first-order valence-electron chi connectivity index (χ1n) is 7.27. The van der Waals surface area contributed by atoms with Gasteiger partial charge in [0, 0.05) is 38.3 Å². The number of alkyl halides is 3. The molecule has 1 aliphatic heterocycles. The Labute approximate surface area is 137 Å². The lowest BCUT2D eigenvalue weighted by molar-refractivity contribution is -0.137. The Bertz CT molecular complexity index is 559. The summed E-state index contributed by atoms with van der Waals surface area (Å²) in [5.41, 5.74) is 4.87. The number of carbonyl (C=O) groups excluding carboxylic acids is 1. The summed E-state index contributed by atoms with van der Waals surface area (Å²) in [6.07, 6.45) is -1.99. The number of piperidine rings is 1. The summed E-state index contributed by atoms with van der Waals surface area (Å²) in [6, 6.07) is 0.956. The highest BCUT2D eigenvalue weighted by atomic mass is 35.5. The third kappa shape index (κ3) is 4.97. The Balaban J connectivity index is 1.83. The Kier molecular flexibility index (Phi) is 5.69. The largest absolute Gasteiger partial charge is 0.417 e. The number of rotatable bonds is 4. The van der Waals surface area contributed by atoms with E-state index in [1.54, 1.807) is 4.90 Å². The van der Waals surface area contributed by atoms with Crippen molar-refractivity contribution in [3.63, 3.8) is 0 Å². The fourth-order valence-corrected chi connectivity index (χ4v) is 2.55. The molecule has 128 valence electrons. The smallest absolute Gasteiger partial charge is 0.368 e. The van der Waals surface area contributed by atoms with Gasteiger partial charge in [-0.05, 0) is 18.9 Å². The minimum atomic E-state index is -4.49. The van der Waals surface area contributed by atoms with Crippen molar-refractivity contribution in [2.45, 2.75) is 31.5 Å². The molecule has 0 unspecified atom stereocenters. The first kappa shape index (κ1) is 17.8. The van der Waals surface area contributed by atoms with E-state index in [0.29, 0.717) is 19.3 Å². The van der Waals surface area contributed by atoms with Crippen LogP contribution in [-0.2, 0) is 11.0 Å². The standard InChI is InChI=1S/C14H18ClF3N4O/c15-11-7-9(14(16,17)18)8-21-13(11)20-4-1-12(23)22-5-2-10(19)3-6-22/h7-8,10H,1-6,19H2,(H,20,21). The summed E-state index contributed by atoms with van der Waals surface area (Å²) < 4.78 is 37.5. The average molecular weight is 351 g/mol. The molecule has 1 amide bonds. The highest BCUT2D eigenvalue weighted by molar-refractivity contribution is 6.32. The minimum absolute atomic E-state index is 0.0209. The molecule has 0 aromatic carbocycles. The van der Waals surface area contributed by atoms with Gasteiger partial charge in [-0.1, -0.05) is 11.6 Å². The molecule has 2 heterocycles. The van der Waals surface area contributed by atoms with E-state index in [2.05, 4.69) is 10.3 Å². The first-order chi connectivity index (χ1) is 10.8. The van der Waals surface area contributed by atoms with Crippen LogP contribution in [0.3, 0.4) is 0 Å². The number of anilines is 1. The van der Waals surface area contributed by atoms with Gasteiger partial charge >= 0.3 is 6.18 Å². The number of hydrogen-bond acceptors (Lipinski definition) is 4. The summed E-state index contributed by atoms with van der Waals surface area (Å²) in [4.78, 5) is 17.4. The number of nitrogens with zero attached hydrogens (tertiary/aromatic N) is 2. The Morgan fingerprint density at radius 3 is 2.65 bits per heavy atom. The van der Waals surface area contributed by atoms with Crippen LogP contribution in [0.5, 0.6) is 0 Å². The minimum Gasteiger partial charge on any atom is -0.368 e. The van der Waals surface area contributed by atoms with Crippen LogP contribution in [0.1, 0.15) is 24.8 Å². The summed E-state index contributed by atoms with van der Waals surface area (Å²) >= 11 is 5.78. The number of nitrogens with one attached hydrogen (secondary N) is 1. The van der Waals surface area contributed by atoms with E-state index < -0.39 is 11.7 Å². The van der Waals surface area contributed by atoms with Gasteiger partial charge in [0.25, 0.3) is 0 Å². The van der Waals surface area contributed by atoms with Crippen molar-refractivity contribution < 1.29 is 18.0 Å². The lowest BCUT2D eigenvalue weighted by atomic mass is 10.1. The lowest BCUT2D eigenvalue weighted by Gasteiger charge is -2.30. The number of hydrogen-bond donors (Lipinski definition) is 2. The highest BCUT2D eigenvalue weighted by Gasteiger charge is 2.31. The molecule has 0 bridgehead atoms. The summed E-state index contributed by atoms with van der Waals surface area (Å²) in [6.45, 7) is 1.53. The van der Waals surface area contributed by atoms with Gasteiger partial charge in [-0.2, -0.15) is 13.2 Å². The second-order valence-electron chi connectivity index (χ2n) is 5.45. The maximum Gasteiger partial charge on any atom is 0.417 e. The van der Waals surface area contributed by atoms with Gasteiger partial charge in [-0.15, -0.1) is 0 Å². The molecule has 0 spiro atoms. The molecule has 2 rings (SSSR count). The Hall–Kier alpha value is -1.54. The topological polar surface area (TPSA) is 71.2 Å². The number of likely N-dealkylation sites (tertiary alicyclic amines) is 1. The zero-order chi connectivity index (χ0) is 17.0. The van der Waals surface area contributed by atoms with Crippen LogP contribution in [0.25, 0.3) is 0 Å². The van der Waals surface area contributed by atoms with Gasteiger partial charge in [0.05, 0.1) is 10.6 Å². The molecule has 1 fully saturated rings. The normalized spacial score (nSPS) is 16.5. The van der Waals surface area contributed by atoms with E-state index >= 15 is 0 Å². The van der Waals surface area contributed by atoms with E-state index in [9.17, 15) is 18.0 Å². The van der Waals surface area contributed by atoms with Crippen molar-refractivity contribution in [3.8, 4) is 0 Å².